The third kappa shape index (κ3) is 6.75. The van der Waals surface area contributed by atoms with Gasteiger partial charge in [0.2, 0.25) is 5.91 Å². The molecular formula is C38H38N4O. The van der Waals surface area contributed by atoms with E-state index in [2.05, 4.69) is 82.8 Å². The predicted octanol–water partition coefficient (Wildman–Crippen LogP) is 6.97. The van der Waals surface area contributed by atoms with Crippen molar-refractivity contribution in [1.29, 1.82) is 0 Å². The standard InChI is InChI=1S/C38H38N4O/c1-3-29-24-40-35(42-37(29)33-11-7-8-12-33)22-27-13-15-31(16-14-27)36(38(43)41-23-28-9-5-4-6-10-28)32-19-17-30(18-20-32)34-21-26(2)39-25-34/h1,4-12,17-21,24-27,31,33,36H,13-16,22-23H2,2H3,(H,41,43). The highest BCUT2D eigenvalue weighted by Crippen LogP contribution is 2.40. The van der Waals surface area contributed by atoms with Crippen LogP contribution in [-0.2, 0) is 17.8 Å². The molecule has 2 aliphatic carbocycles. The summed E-state index contributed by atoms with van der Waals surface area (Å²) < 4.78 is 0. The number of carbonyl (C=O) groups is 1. The lowest BCUT2D eigenvalue weighted by atomic mass is 9.72. The smallest absolute Gasteiger partial charge is 0.228 e. The van der Waals surface area contributed by atoms with Gasteiger partial charge in [-0.2, -0.15) is 0 Å². The topological polar surface area (TPSA) is 67.2 Å². The van der Waals surface area contributed by atoms with Crippen LogP contribution >= 0.6 is 0 Å². The monoisotopic (exact) mass is 566 g/mol. The number of aromatic nitrogens is 2. The minimum Gasteiger partial charge on any atom is -0.351 e. The van der Waals surface area contributed by atoms with Crippen molar-refractivity contribution in [3.05, 3.63) is 125 Å². The Hall–Kier alpha value is -4.56. The third-order valence-electron chi connectivity index (χ3n) is 8.99. The fraction of sp³-hybridized carbons (Fsp3) is 0.316. The molecule has 2 atom stereocenters. The van der Waals surface area contributed by atoms with Crippen LogP contribution in [0.4, 0.5) is 0 Å². The van der Waals surface area contributed by atoms with Crippen molar-refractivity contribution in [2.45, 2.75) is 63.5 Å². The number of benzene rings is 2. The molecule has 5 nitrogen and oxygen atoms in total. The summed E-state index contributed by atoms with van der Waals surface area (Å²) in [6, 6.07) is 18.9. The molecule has 0 bridgehead atoms. The van der Waals surface area contributed by atoms with E-state index in [1.165, 1.54) is 0 Å². The van der Waals surface area contributed by atoms with E-state index in [4.69, 9.17) is 11.4 Å². The van der Waals surface area contributed by atoms with Crippen LogP contribution in [0.3, 0.4) is 0 Å². The maximum atomic E-state index is 13.8. The third-order valence-corrected chi connectivity index (χ3v) is 8.99. The van der Waals surface area contributed by atoms with Gasteiger partial charge in [0.1, 0.15) is 5.82 Å². The second-order valence-electron chi connectivity index (χ2n) is 12.0. The molecule has 0 saturated heterocycles. The van der Waals surface area contributed by atoms with Crippen molar-refractivity contribution < 1.29 is 4.79 Å². The molecule has 2 heterocycles. The zero-order chi connectivity index (χ0) is 29.6. The summed E-state index contributed by atoms with van der Waals surface area (Å²) in [5.74, 6) is 4.40. The van der Waals surface area contributed by atoms with Gasteiger partial charge in [-0.1, -0.05) is 90.9 Å². The second kappa shape index (κ2) is 13.2. The van der Waals surface area contributed by atoms with Crippen LogP contribution < -0.4 is 5.32 Å². The van der Waals surface area contributed by atoms with Crippen LogP contribution in [0.2, 0.25) is 0 Å². The summed E-state index contributed by atoms with van der Waals surface area (Å²) in [6.07, 6.45) is 24.9. The highest BCUT2D eigenvalue weighted by Gasteiger charge is 2.34. The van der Waals surface area contributed by atoms with E-state index in [0.717, 1.165) is 71.4 Å². The van der Waals surface area contributed by atoms with Crippen LogP contribution in [0, 0.1) is 24.2 Å². The number of terminal acetylenes is 1. The molecule has 43 heavy (non-hydrogen) atoms. The number of allylic oxidation sites excluding steroid dienone is 5. The van der Waals surface area contributed by atoms with Crippen molar-refractivity contribution in [2.24, 2.45) is 16.8 Å². The Kier molecular flexibility index (Phi) is 8.75. The normalized spacial score (nSPS) is 21.9. The van der Waals surface area contributed by atoms with Gasteiger partial charge < -0.3 is 5.32 Å². The minimum atomic E-state index is -0.192. The lowest BCUT2D eigenvalue weighted by Crippen LogP contribution is -2.35. The first kappa shape index (κ1) is 28.6. The van der Waals surface area contributed by atoms with Gasteiger partial charge in [-0.3, -0.25) is 9.79 Å². The van der Waals surface area contributed by atoms with Crippen molar-refractivity contribution in [3.8, 4) is 12.3 Å². The first-order valence-electron chi connectivity index (χ1n) is 15.4. The Morgan fingerprint density at radius 3 is 2.44 bits per heavy atom. The average Bonchev–Trinajstić information content (AvgIpc) is 3.74. The SMILES string of the molecule is C#Cc1cnc(CC2CCC(C(C(=O)NCc3ccccc3)c3ccc(C4=CC(C)N=C4)cc3)CC2)nc1C1C=CC=C1. The highest BCUT2D eigenvalue weighted by molar-refractivity contribution is 6.11. The molecule has 3 aromatic rings. The predicted molar refractivity (Wildman–Crippen MR) is 174 cm³/mol. The van der Waals surface area contributed by atoms with Gasteiger partial charge in [-0.05, 0) is 66.7 Å². The molecule has 1 saturated carbocycles. The van der Waals surface area contributed by atoms with Gasteiger partial charge in [-0.25, -0.2) is 9.97 Å². The average molecular weight is 567 g/mol. The molecule has 216 valence electrons. The van der Waals surface area contributed by atoms with Crippen LogP contribution in [0.1, 0.15) is 78.2 Å². The van der Waals surface area contributed by atoms with E-state index >= 15 is 0 Å². The Morgan fingerprint density at radius 1 is 1.02 bits per heavy atom. The van der Waals surface area contributed by atoms with Gasteiger partial charge in [-0.15, -0.1) is 6.42 Å². The number of rotatable bonds is 9. The van der Waals surface area contributed by atoms with Crippen LogP contribution in [-0.4, -0.2) is 28.1 Å². The molecular weight excluding hydrogens is 528 g/mol. The van der Waals surface area contributed by atoms with Gasteiger partial charge >= 0.3 is 0 Å². The molecule has 3 aliphatic rings. The number of nitrogens with zero attached hydrogens (tertiary/aromatic N) is 3. The molecule has 6 rings (SSSR count). The minimum absolute atomic E-state index is 0.103. The van der Waals surface area contributed by atoms with E-state index < -0.39 is 0 Å². The van der Waals surface area contributed by atoms with Gasteiger partial charge in [0, 0.05) is 31.3 Å². The number of hydrogen-bond donors (Lipinski definition) is 1. The molecule has 0 spiro atoms. The Balaban J connectivity index is 1.15. The first-order chi connectivity index (χ1) is 21.1. The largest absolute Gasteiger partial charge is 0.351 e. The summed E-state index contributed by atoms with van der Waals surface area (Å²) in [6.45, 7) is 2.62. The van der Waals surface area contributed by atoms with Gasteiger partial charge in [0.05, 0.1) is 23.2 Å². The van der Waals surface area contributed by atoms with Crippen molar-refractivity contribution in [3.63, 3.8) is 0 Å². The quantitative estimate of drug-likeness (QED) is 0.284. The van der Waals surface area contributed by atoms with E-state index in [1.54, 1.807) is 6.20 Å². The fourth-order valence-corrected chi connectivity index (χ4v) is 6.63. The van der Waals surface area contributed by atoms with Crippen molar-refractivity contribution >= 4 is 17.7 Å². The maximum absolute atomic E-state index is 13.8. The maximum Gasteiger partial charge on any atom is 0.228 e. The molecule has 2 unspecified atom stereocenters. The molecule has 2 aromatic carbocycles. The lowest BCUT2D eigenvalue weighted by molar-refractivity contribution is -0.124. The summed E-state index contributed by atoms with van der Waals surface area (Å²) in [5.41, 5.74) is 6.15. The van der Waals surface area contributed by atoms with E-state index in [0.29, 0.717) is 12.5 Å². The Morgan fingerprint density at radius 2 is 1.77 bits per heavy atom. The molecule has 1 aromatic heterocycles. The molecule has 1 amide bonds. The number of hydrogen-bond acceptors (Lipinski definition) is 4. The summed E-state index contributed by atoms with van der Waals surface area (Å²) in [7, 11) is 0. The molecule has 0 radical (unpaired) electrons. The molecule has 1 aliphatic heterocycles. The van der Waals surface area contributed by atoms with E-state index in [9.17, 15) is 4.79 Å². The number of aliphatic imine (C=N–C) groups is 1. The Labute approximate surface area is 255 Å². The van der Waals surface area contributed by atoms with Crippen LogP contribution in [0.5, 0.6) is 0 Å². The summed E-state index contributed by atoms with van der Waals surface area (Å²) in [4.78, 5) is 27.8. The molecule has 1 N–H and O–H groups in total. The summed E-state index contributed by atoms with van der Waals surface area (Å²) in [5, 5.41) is 3.25. The highest BCUT2D eigenvalue weighted by atomic mass is 16.1. The van der Waals surface area contributed by atoms with E-state index in [1.807, 2.05) is 36.6 Å². The van der Waals surface area contributed by atoms with Crippen LogP contribution in [0.25, 0.3) is 5.57 Å². The zero-order valence-electron chi connectivity index (χ0n) is 24.7. The lowest BCUT2D eigenvalue weighted by Gasteiger charge is -2.33. The first-order valence-corrected chi connectivity index (χ1v) is 15.4. The fourth-order valence-electron chi connectivity index (χ4n) is 6.63. The number of amides is 1. The van der Waals surface area contributed by atoms with Gasteiger partial charge in [0.25, 0.3) is 0 Å². The number of carbonyl (C=O) groups excluding carboxylic acids is 1. The Bertz CT molecular complexity index is 1590. The summed E-state index contributed by atoms with van der Waals surface area (Å²) >= 11 is 0. The van der Waals surface area contributed by atoms with Crippen molar-refractivity contribution in [1.82, 2.24) is 15.3 Å². The second-order valence-corrected chi connectivity index (χ2v) is 12.0. The number of nitrogens with one attached hydrogen (secondary N) is 1. The van der Waals surface area contributed by atoms with Crippen LogP contribution in [0.15, 0.2) is 96.2 Å². The molecule has 1 fully saturated rings. The molecule has 5 heteroatoms. The van der Waals surface area contributed by atoms with Crippen molar-refractivity contribution in [2.75, 3.05) is 0 Å². The van der Waals surface area contributed by atoms with E-state index in [-0.39, 0.29) is 29.7 Å². The zero-order valence-corrected chi connectivity index (χ0v) is 24.7. The van der Waals surface area contributed by atoms with Gasteiger partial charge in [0.15, 0.2) is 0 Å².